The minimum Gasteiger partial charge on any atom is -0.497 e. The molecule has 0 aromatic heterocycles. The van der Waals surface area contributed by atoms with E-state index in [0.717, 1.165) is 35.8 Å². The van der Waals surface area contributed by atoms with Gasteiger partial charge in [-0.05, 0) is 53.6 Å². The average molecular weight is 485 g/mol. The molecule has 0 radical (unpaired) electrons. The van der Waals surface area contributed by atoms with Gasteiger partial charge in [0, 0.05) is 26.2 Å². The molecule has 0 saturated carbocycles. The smallest absolute Gasteiger partial charge is 0.243 e. The number of hydrogen-bond acceptors (Lipinski definition) is 6. The van der Waals surface area contributed by atoms with Crippen molar-refractivity contribution in [1.29, 1.82) is 0 Å². The lowest BCUT2D eigenvalue weighted by atomic mass is 9.85. The normalized spacial score (nSPS) is 19.0. The second kappa shape index (κ2) is 9.68. The van der Waals surface area contributed by atoms with Gasteiger partial charge in [-0.15, -0.1) is 0 Å². The molecule has 2 aromatic carbocycles. The number of amidine groups is 1. The SMILES string of the molecule is COc1ccc(CNC2=NCCNC23CCN(S(=O)(=O)c2ccc(C(C)(C)C)cc2)CC3)cc1. The first-order valence-corrected chi connectivity index (χ1v) is 13.4. The first-order chi connectivity index (χ1) is 16.1. The highest BCUT2D eigenvalue weighted by atomic mass is 32.2. The highest BCUT2D eigenvalue weighted by Gasteiger charge is 2.43. The summed E-state index contributed by atoms with van der Waals surface area (Å²) in [5.74, 6) is 1.76. The molecule has 1 fully saturated rings. The van der Waals surface area contributed by atoms with Crippen LogP contribution in [0.3, 0.4) is 0 Å². The van der Waals surface area contributed by atoms with Crippen molar-refractivity contribution in [1.82, 2.24) is 14.9 Å². The van der Waals surface area contributed by atoms with Gasteiger partial charge >= 0.3 is 0 Å². The Morgan fingerprint density at radius 1 is 1.06 bits per heavy atom. The number of methoxy groups -OCH3 is 1. The number of ether oxygens (including phenoxy) is 1. The number of rotatable bonds is 5. The Balaban J connectivity index is 1.43. The second-order valence-corrected chi connectivity index (χ2v) is 12.1. The summed E-state index contributed by atoms with van der Waals surface area (Å²) in [6, 6.07) is 15.3. The van der Waals surface area contributed by atoms with Gasteiger partial charge in [-0.1, -0.05) is 45.0 Å². The Morgan fingerprint density at radius 3 is 2.29 bits per heavy atom. The Labute approximate surface area is 203 Å². The highest BCUT2D eigenvalue weighted by molar-refractivity contribution is 7.89. The molecule has 7 nitrogen and oxygen atoms in total. The van der Waals surface area contributed by atoms with Crippen LogP contribution in [0.15, 0.2) is 58.4 Å². The summed E-state index contributed by atoms with van der Waals surface area (Å²) in [5.41, 5.74) is 1.94. The van der Waals surface area contributed by atoms with Gasteiger partial charge < -0.3 is 15.4 Å². The van der Waals surface area contributed by atoms with Crippen LogP contribution in [0.5, 0.6) is 5.75 Å². The predicted molar refractivity (Wildman–Crippen MR) is 136 cm³/mol. The number of aliphatic imine (C=N–C) groups is 1. The molecule has 0 bridgehead atoms. The minimum atomic E-state index is -3.53. The number of hydrogen-bond donors (Lipinski definition) is 2. The van der Waals surface area contributed by atoms with E-state index in [2.05, 4.69) is 31.4 Å². The fourth-order valence-corrected chi connectivity index (χ4v) is 6.09. The molecule has 0 aliphatic carbocycles. The maximum absolute atomic E-state index is 13.3. The average Bonchev–Trinajstić information content (AvgIpc) is 2.84. The lowest BCUT2D eigenvalue weighted by Crippen LogP contribution is -2.64. The van der Waals surface area contributed by atoms with Crippen LogP contribution in [-0.4, -0.2) is 57.4 Å². The molecule has 184 valence electrons. The van der Waals surface area contributed by atoms with Crippen LogP contribution >= 0.6 is 0 Å². The van der Waals surface area contributed by atoms with Crippen LogP contribution in [0.25, 0.3) is 0 Å². The zero-order valence-corrected chi connectivity index (χ0v) is 21.4. The van der Waals surface area contributed by atoms with Gasteiger partial charge in [0.25, 0.3) is 0 Å². The molecule has 1 spiro atoms. The summed E-state index contributed by atoms with van der Waals surface area (Å²) >= 11 is 0. The van der Waals surface area contributed by atoms with Crippen molar-refractivity contribution >= 4 is 15.9 Å². The van der Waals surface area contributed by atoms with Crippen molar-refractivity contribution in [2.45, 2.75) is 56.0 Å². The number of piperidine rings is 1. The monoisotopic (exact) mass is 484 g/mol. The number of nitrogens with one attached hydrogen (secondary N) is 2. The number of benzene rings is 2. The predicted octanol–water partition coefficient (Wildman–Crippen LogP) is 3.31. The molecule has 2 aliphatic rings. The third kappa shape index (κ3) is 5.14. The summed E-state index contributed by atoms with van der Waals surface area (Å²) in [6.07, 6.45) is 1.36. The second-order valence-electron chi connectivity index (χ2n) is 10.1. The van der Waals surface area contributed by atoms with Crippen LogP contribution in [0.2, 0.25) is 0 Å². The van der Waals surface area contributed by atoms with Crippen molar-refractivity contribution in [3.63, 3.8) is 0 Å². The van der Waals surface area contributed by atoms with Crippen LogP contribution in [0.1, 0.15) is 44.7 Å². The molecule has 2 heterocycles. The van der Waals surface area contributed by atoms with E-state index in [1.54, 1.807) is 23.5 Å². The molecule has 4 rings (SSSR count). The summed E-state index contributed by atoms with van der Waals surface area (Å²) in [5, 5.41) is 7.16. The first-order valence-electron chi connectivity index (χ1n) is 11.9. The van der Waals surface area contributed by atoms with Crippen LogP contribution in [-0.2, 0) is 22.0 Å². The molecule has 0 amide bonds. The summed E-state index contributed by atoms with van der Waals surface area (Å²) in [4.78, 5) is 5.14. The van der Waals surface area contributed by atoms with Crippen molar-refractivity contribution in [2.24, 2.45) is 4.99 Å². The van der Waals surface area contributed by atoms with Gasteiger partial charge in [-0.2, -0.15) is 4.31 Å². The molecule has 0 atom stereocenters. The van der Waals surface area contributed by atoms with E-state index in [1.807, 2.05) is 36.4 Å². The zero-order valence-electron chi connectivity index (χ0n) is 20.6. The summed E-state index contributed by atoms with van der Waals surface area (Å²) in [6.45, 7) is 9.47. The summed E-state index contributed by atoms with van der Waals surface area (Å²) in [7, 11) is -1.87. The van der Waals surface area contributed by atoms with E-state index in [4.69, 9.17) is 9.73 Å². The Kier molecular flexibility index (Phi) is 7.03. The number of sulfonamides is 1. The van der Waals surface area contributed by atoms with Gasteiger partial charge in [0.2, 0.25) is 10.0 Å². The lowest BCUT2D eigenvalue weighted by molar-refractivity contribution is 0.241. The van der Waals surface area contributed by atoms with Crippen molar-refractivity contribution in [3.05, 3.63) is 59.7 Å². The third-order valence-corrected chi connectivity index (χ3v) is 8.76. The van der Waals surface area contributed by atoms with E-state index in [1.165, 1.54) is 0 Å². The molecule has 0 unspecified atom stereocenters. The van der Waals surface area contributed by atoms with Gasteiger partial charge in [0.15, 0.2) is 0 Å². The van der Waals surface area contributed by atoms with Gasteiger partial charge in [-0.3, -0.25) is 4.99 Å². The van der Waals surface area contributed by atoms with Crippen LogP contribution in [0.4, 0.5) is 0 Å². The topological polar surface area (TPSA) is 83.0 Å². The molecule has 2 N–H and O–H groups in total. The van der Waals surface area contributed by atoms with Crippen molar-refractivity contribution in [2.75, 3.05) is 33.3 Å². The molecule has 34 heavy (non-hydrogen) atoms. The van der Waals surface area contributed by atoms with E-state index in [9.17, 15) is 8.42 Å². The Hall–Kier alpha value is -2.42. The molecule has 2 aromatic rings. The van der Waals surface area contributed by atoms with E-state index in [-0.39, 0.29) is 11.0 Å². The van der Waals surface area contributed by atoms with E-state index < -0.39 is 10.0 Å². The standard InChI is InChI=1S/C26H36N4O3S/c1-25(2,3)21-7-11-23(12-8-21)34(31,32)30-17-13-26(14-18-30)24(27-15-16-29-26)28-19-20-5-9-22(33-4)10-6-20/h5-12,29H,13-19H2,1-4H3,(H,27,28). The van der Waals surface area contributed by atoms with E-state index in [0.29, 0.717) is 37.4 Å². The van der Waals surface area contributed by atoms with Gasteiger partial charge in [0.1, 0.15) is 11.6 Å². The fraction of sp³-hybridized carbons (Fsp3) is 0.500. The van der Waals surface area contributed by atoms with Crippen molar-refractivity contribution < 1.29 is 13.2 Å². The quantitative estimate of drug-likeness (QED) is 0.680. The Morgan fingerprint density at radius 2 is 1.71 bits per heavy atom. The van der Waals surface area contributed by atoms with Gasteiger partial charge in [0.05, 0.1) is 24.1 Å². The third-order valence-electron chi connectivity index (χ3n) is 6.85. The molecule has 8 heteroatoms. The van der Waals surface area contributed by atoms with Crippen LogP contribution in [0, 0.1) is 0 Å². The number of nitrogens with zero attached hydrogens (tertiary/aromatic N) is 2. The largest absolute Gasteiger partial charge is 0.497 e. The lowest BCUT2D eigenvalue weighted by Gasteiger charge is -2.44. The first kappa shape index (κ1) is 24.7. The van der Waals surface area contributed by atoms with Crippen LogP contribution < -0.4 is 15.4 Å². The Bertz CT molecular complexity index is 1110. The van der Waals surface area contributed by atoms with Crippen molar-refractivity contribution in [3.8, 4) is 5.75 Å². The molecular formula is C26H36N4O3S. The highest BCUT2D eigenvalue weighted by Crippen LogP contribution is 2.30. The minimum absolute atomic E-state index is 0.0129. The maximum Gasteiger partial charge on any atom is 0.243 e. The molecular weight excluding hydrogens is 448 g/mol. The molecule has 2 aliphatic heterocycles. The maximum atomic E-state index is 13.3. The van der Waals surface area contributed by atoms with Gasteiger partial charge in [-0.25, -0.2) is 8.42 Å². The molecule has 1 saturated heterocycles. The fourth-order valence-electron chi connectivity index (χ4n) is 4.65. The van der Waals surface area contributed by atoms with E-state index >= 15 is 0 Å². The summed E-state index contributed by atoms with van der Waals surface area (Å²) < 4.78 is 33.5. The zero-order chi connectivity index (χ0) is 24.4.